The fraction of sp³-hybridized carbons (Fsp3) is 0. The van der Waals surface area contributed by atoms with Crippen molar-refractivity contribution in [2.24, 2.45) is 0 Å². The van der Waals surface area contributed by atoms with Crippen LogP contribution in [0.15, 0.2) is 190 Å². The van der Waals surface area contributed by atoms with Gasteiger partial charge in [-0.05, 0) is 121 Å². The number of rotatable bonds is 6. The lowest BCUT2D eigenvalue weighted by Crippen LogP contribution is -1.99. The Morgan fingerprint density at radius 1 is 0.410 bits per heavy atom. The Balaban J connectivity index is 0.000000140. The Morgan fingerprint density at radius 2 is 0.951 bits per heavy atom. The van der Waals surface area contributed by atoms with Gasteiger partial charge in [-0.2, -0.15) is 10.2 Å². The summed E-state index contributed by atoms with van der Waals surface area (Å²) in [5, 5.41) is 21.8. The summed E-state index contributed by atoms with van der Waals surface area (Å²) >= 11 is 0. The molecule has 0 saturated carbocycles. The van der Waals surface area contributed by atoms with Gasteiger partial charge in [0.05, 0.1) is 52.1 Å². The van der Waals surface area contributed by atoms with Crippen LogP contribution in [0.25, 0.3) is 78.3 Å². The molecule has 0 aliphatic rings. The SMILES string of the molecule is Fc1ccc(-c2onc3ccc(-c4ccnn4-c4cccc(F)c4)cc23)cc1.Fc1ccc(-n2nccc2-c2ccc3noc(-c4cccc(F)c4)c3c2)cc1.c1cnoc1. The quantitative estimate of drug-likeness (QED) is 0.152. The molecule has 11 aromatic rings. The zero-order valence-electron chi connectivity index (χ0n) is 31.6. The minimum atomic E-state index is -0.340. The van der Waals surface area contributed by atoms with Crippen molar-refractivity contribution in [3.63, 3.8) is 0 Å². The van der Waals surface area contributed by atoms with E-state index < -0.39 is 0 Å². The smallest absolute Gasteiger partial charge is 0.174 e. The fourth-order valence-electron chi connectivity index (χ4n) is 6.67. The highest BCUT2D eigenvalue weighted by Gasteiger charge is 2.17. The number of benzene rings is 6. The van der Waals surface area contributed by atoms with Gasteiger partial charge in [0.2, 0.25) is 0 Å². The molecular formula is C47H29F4N7O3. The highest BCUT2D eigenvalue weighted by Crippen LogP contribution is 2.35. The lowest BCUT2D eigenvalue weighted by Gasteiger charge is -2.08. The monoisotopic (exact) mass is 815 g/mol. The van der Waals surface area contributed by atoms with Crippen molar-refractivity contribution in [2.75, 3.05) is 0 Å². The van der Waals surface area contributed by atoms with Gasteiger partial charge >= 0.3 is 0 Å². The van der Waals surface area contributed by atoms with Crippen molar-refractivity contribution in [2.45, 2.75) is 0 Å². The predicted octanol–water partition coefficient (Wildman–Crippen LogP) is 11.9. The first-order valence-electron chi connectivity index (χ1n) is 18.6. The number of nitrogens with zero attached hydrogens (tertiary/aromatic N) is 7. The normalized spacial score (nSPS) is 11.0. The number of fused-ring (bicyclic) bond motifs is 2. The predicted molar refractivity (Wildman–Crippen MR) is 220 cm³/mol. The molecular weight excluding hydrogens is 787 g/mol. The van der Waals surface area contributed by atoms with Crippen LogP contribution in [-0.4, -0.2) is 35.0 Å². The van der Waals surface area contributed by atoms with E-state index in [9.17, 15) is 17.6 Å². The molecule has 0 fully saturated rings. The summed E-state index contributed by atoms with van der Waals surface area (Å²) in [6.07, 6.45) is 6.45. The molecule has 11 rings (SSSR count). The molecule has 61 heavy (non-hydrogen) atoms. The van der Waals surface area contributed by atoms with Crippen molar-refractivity contribution in [1.82, 2.24) is 35.0 Å². The molecule has 298 valence electrons. The third kappa shape index (κ3) is 8.18. The Kier molecular flexibility index (Phi) is 10.5. The maximum Gasteiger partial charge on any atom is 0.174 e. The van der Waals surface area contributed by atoms with E-state index in [1.807, 2.05) is 48.5 Å². The van der Waals surface area contributed by atoms with E-state index in [0.29, 0.717) is 33.8 Å². The van der Waals surface area contributed by atoms with E-state index in [-0.39, 0.29) is 23.3 Å². The van der Waals surface area contributed by atoms with Gasteiger partial charge in [0, 0.05) is 22.3 Å². The van der Waals surface area contributed by atoms with Crippen LogP contribution in [0.1, 0.15) is 0 Å². The molecule has 0 radical (unpaired) electrons. The van der Waals surface area contributed by atoms with E-state index in [1.54, 1.807) is 82.6 Å². The van der Waals surface area contributed by atoms with Crippen LogP contribution in [-0.2, 0) is 0 Å². The van der Waals surface area contributed by atoms with Crippen LogP contribution in [0.3, 0.4) is 0 Å². The van der Waals surface area contributed by atoms with Gasteiger partial charge in [-0.15, -0.1) is 0 Å². The minimum absolute atomic E-state index is 0.303. The maximum atomic E-state index is 13.6. The molecule has 0 saturated heterocycles. The molecule has 5 heterocycles. The van der Waals surface area contributed by atoms with Gasteiger partial charge in [0.15, 0.2) is 11.5 Å². The average Bonchev–Trinajstić information content (AvgIpc) is 4.15. The molecule has 6 aromatic carbocycles. The molecule has 5 aromatic heterocycles. The van der Waals surface area contributed by atoms with Crippen LogP contribution in [0, 0.1) is 23.3 Å². The second-order valence-corrected chi connectivity index (χ2v) is 13.4. The first-order chi connectivity index (χ1) is 29.9. The van der Waals surface area contributed by atoms with E-state index in [2.05, 4.69) is 30.2 Å². The van der Waals surface area contributed by atoms with Crippen molar-refractivity contribution < 1.29 is 31.1 Å². The summed E-state index contributed by atoms with van der Waals surface area (Å²) in [5.41, 5.74) is 7.50. The van der Waals surface area contributed by atoms with Gasteiger partial charge in [-0.25, -0.2) is 26.9 Å². The van der Waals surface area contributed by atoms with Gasteiger partial charge < -0.3 is 13.6 Å². The molecule has 0 N–H and O–H groups in total. The number of hydrogen-bond donors (Lipinski definition) is 0. The first kappa shape index (κ1) is 38.1. The van der Waals surface area contributed by atoms with E-state index in [1.165, 1.54) is 54.8 Å². The lowest BCUT2D eigenvalue weighted by molar-refractivity contribution is 0.420. The fourth-order valence-corrected chi connectivity index (χ4v) is 6.67. The van der Waals surface area contributed by atoms with Crippen LogP contribution < -0.4 is 0 Å². The topological polar surface area (TPSA) is 114 Å². The third-order valence-electron chi connectivity index (χ3n) is 9.49. The highest BCUT2D eigenvalue weighted by atomic mass is 19.1. The lowest BCUT2D eigenvalue weighted by atomic mass is 10.0. The maximum absolute atomic E-state index is 13.6. The summed E-state index contributed by atoms with van der Waals surface area (Å²) in [5.74, 6) is -0.215. The van der Waals surface area contributed by atoms with Crippen molar-refractivity contribution in [3.8, 4) is 56.5 Å². The van der Waals surface area contributed by atoms with Crippen molar-refractivity contribution in [3.05, 3.63) is 200 Å². The molecule has 0 atom stereocenters. The Bertz CT molecular complexity index is 3190. The summed E-state index contributed by atoms with van der Waals surface area (Å²) in [6, 6.07) is 41.5. The number of hydrogen-bond acceptors (Lipinski definition) is 8. The van der Waals surface area contributed by atoms with Gasteiger partial charge in [-0.1, -0.05) is 45.8 Å². The Hall–Kier alpha value is -8.39. The Labute approximate surface area is 343 Å². The zero-order chi connectivity index (χ0) is 41.7. The number of halogens is 4. The molecule has 0 aliphatic heterocycles. The first-order valence-corrected chi connectivity index (χ1v) is 18.6. The van der Waals surface area contributed by atoms with Crippen LogP contribution in [0.2, 0.25) is 0 Å². The van der Waals surface area contributed by atoms with E-state index in [0.717, 1.165) is 44.5 Å². The average molecular weight is 816 g/mol. The summed E-state index contributed by atoms with van der Waals surface area (Å²) in [7, 11) is 0. The molecule has 0 unspecified atom stereocenters. The molecule has 0 bridgehead atoms. The van der Waals surface area contributed by atoms with Crippen molar-refractivity contribution >= 4 is 21.8 Å². The molecule has 0 spiro atoms. The van der Waals surface area contributed by atoms with E-state index >= 15 is 0 Å². The standard InChI is InChI=1S/2C22H13F2N3O.C3H3NO/c23-16-5-7-18(8-6-16)27-21(10-11-25-27)14-4-9-20-19(13-14)22(28-26-20)15-2-1-3-17(24)12-15;23-16-7-4-14(5-8-16)22-19-12-15(6-9-20(19)26-28-22)21-10-11-25-27(21)18-3-1-2-17(24)13-18;1-2-4-5-3-1/h2*1-13H;1-3H. The van der Waals surface area contributed by atoms with Crippen LogP contribution >= 0.6 is 0 Å². The van der Waals surface area contributed by atoms with Gasteiger partial charge in [0.25, 0.3) is 0 Å². The largest absolute Gasteiger partial charge is 0.365 e. The van der Waals surface area contributed by atoms with Crippen LogP contribution in [0.5, 0.6) is 0 Å². The second-order valence-electron chi connectivity index (χ2n) is 13.4. The molecule has 0 aliphatic carbocycles. The summed E-state index contributed by atoms with van der Waals surface area (Å²) in [6.45, 7) is 0. The van der Waals surface area contributed by atoms with Gasteiger partial charge in [0.1, 0.15) is 40.6 Å². The number of aromatic nitrogens is 7. The summed E-state index contributed by atoms with van der Waals surface area (Å²) in [4.78, 5) is 0. The van der Waals surface area contributed by atoms with Crippen molar-refractivity contribution in [1.29, 1.82) is 0 Å². The van der Waals surface area contributed by atoms with E-state index in [4.69, 9.17) is 9.05 Å². The molecule has 14 heteroatoms. The van der Waals surface area contributed by atoms with Gasteiger partial charge in [-0.3, -0.25) is 0 Å². The minimum Gasteiger partial charge on any atom is -0.365 e. The zero-order valence-corrected chi connectivity index (χ0v) is 31.6. The molecule has 10 nitrogen and oxygen atoms in total. The molecule has 0 amide bonds. The second kappa shape index (κ2) is 16.8. The third-order valence-corrected chi connectivity index (χ3v) is 9.49. The Morgan fingerprint density at radius 3 is 1.49 bits per heavy atom. The highest BCUT2D eigenvalue weighted by molar-refractivity contribution is 5.95. The van der Waals surface area contributed by atoms with Crippen LogP contribution in [0.4, 0.5) is 17.6 Å². The summed E-state index contributed by atoms with van der Waals surface area (Å²) < 4.78 is 72.5.